The van der Waals surface area contributed by atoms with Gasteiger partial charge in [0.1, 0.15) is 48.9 Å². The van der Waals surface area contributed by atoms with Gasteiger partial charge in [0.05, 0.1) is 19.1 Å². The zero-order valence-electron chi connectivity index (χ0n) is 25.3. The number of carboxylic acid groups (broad SMARTS) is 1. The predicted molar refractivity (Wildman–Crippen MR) is 154 cm³/mol. The topological polar surface area (TPSA) is 204 Å². The number of aliphatic carboxylic acids is 1. The number of carbonyl (C=O) groups excluding carboxylic acids is 1. The molecule has 15 nitrogen and oxygen atoms in total. The van der Waals surface area contributed by atoms with Crippen LogP contribution in [0.1, 0.15) is 49.0 Å². The third kappa shape index (κ3) is 6.38. The third-order valence-electron chi connectivity index (χ3n) is 8.07. The van der Waals surface area contributed by atoms with Crippen molar-refractivity contribution in [3.05, 3.63) is 41.0 Å². The molecule has 15 heteroatoms. The second kappa shape index (κ2) is 13.5. The fourth-order valence-electron chi connectivity index (χ4n) is 5.99. The summed E-state index contributed by atoms with van der Waals surface area (Å²) >= 11 is 0. The molecule has 46 heavy (non-hydrogen) atoms. The molecule has 2 aromatic rings. The number of carbonyl (C=O) groups is 2. The number of carboxylic acids is 1. The van der Waals surface area contributed by atoms with E-state index in [4.69, 9.17) is 53.8 Å². The lowest BCUT2D eigenvalue weighted by atomic mass is 9.87. The minimum Gasteiger partial charge on any atom is -0.492 e. The average Bonchev–Trinajstić information content (AvgIpc) is 3.65. The number of hydrogen-bond donors (Lipinski definition) is 4. The first-order valence-electron chi connectivity index (χ1n) is 15.1. The molecule has 0 aliphatic carbocycles. The van der Waals surface area contributed by atoms with E-state index in [0.717, 1.165) is 28.9 Å². The van der Waals surface area contributed by atoms with E-state index in [2.05, 4.69) is 13.8 Å². The maximum absolute atomic E-state index is 11.7. The number of benzene rings is 2. The van der Waals surface area contributed by atoms with Gasteiger partial charge in [-0.1, -0.05) is 13.8 Å². The normalized spacial score (nSPS) is 27.2. The average molecular weight is 648 g/mol. The van der Waals surface area contributed by atoms with Crippen molar-refractivity contribution in [1.82, 2.24) is 0 Å². The Kier molecular flexibility index (Phi) is 9.40. The summed E-state index contributed by atoms with van der Waals surface area (Å²) in [4.78, 5) is 33.6. The molecule has 2 aromatic carbocycles. The quantitative estimate of drug-likeness (QED) is 0.111. The Hall–Kier alpha value is -3.86. The van der Waals surface area contributed by atoms with Crippen molar-refractivity contribution < 1.29 is 67.8 Å². The van der Waals surface area contributed by atoms with Gasteiger partial charge in [0.25, 0.3) is 0 Å². The number of esters is 1. The highest BCUT2D eigenvalue weighted by atomic mass is 17.2. The van der Waals surface area contributed by atoms with Crippen molar-refractivity contribution in [3.8, 4) is 28.7 Å². The number of rotatable bonds is 12. The number of nitrogens with two attached hydrogens (primary N) is 1. The Labute approximate surface area is 263 Å². The maximum Gasteiger partial charge on any atom is 0.317 e. The number of aliphatic hydroxyl groups excluding tert-OH is 2. The molecule has 7 unspecified atom stereocenters. The molecule has 0 spiro atoms. The van der Waals surface area contributed by atoms with Gasteiger partial charge >= 0.3 is 11.9 Å². The fourth-order valence-corrected chi connectivity index (χ4v) is 5.99. The molecule has 1 fully saturated rings. The summed E-state index contributed by atoms with van der Waals surface area (Å²) in [6.45, 7) is 4.40. The van der Waals surface area contributed by atoms with Crippen molar-refractivity contribution >= 4 is 11.9 Å². The molecule has 0 bridgehead atoms. The Bertz CT molecular complexity index is 1450. The van der Waals surface area contributed by atoms with E-state index in [0.29, 0.717) is 29.8 Å². The highest BCUT2D eigenvalue weighted by Crippen LogP contribution is 2.57. The van der Waals surface area contributed by atoms with Crippen LogP contribution in [0.15, 0.2) is 24.3 Å². The van der Waals surface area contributed by atoms with E-state index in [1.807, 2.05) is 6.07 Å². The van der Waals surface area contributed by atoms with Crippen LogP contribution in [0.25, 0.3) is 0 Å². The van der Waals surface area contributed by atoms with E-state index in [9.17, 15) is 19.8 Å². The van der Waals surface area contributed by atoms with Crippen LogP contribution in [0.5, 0.6) is 28.7 Å². The SMILES string of the molecule is CC(C)Cc1c2c(cc3c1OC1c4cc(OOC5C(OCCN)OC(COC(=O)CC(=O)O)C(O)C5O)ccc4OCC31)OCO2. The minimum absolute atomic E-state index is 0.00825. The summed E-state index contributed by atoms with van der Waals surface area (Å²) in [7, 11) is 0. The minimum atomic E-state index is -1.61. The largest absolute Gasteiger partial charge is 0.492 e. The van der Waals surface area contributed by atoms with E-state index in [1.54, 1.807) is 18.2 Å². The van der Waals surface area contributed by atoms with Crippen molar-refractivity contribution in [2.45, 2.75) is 69.4 Å². The third-order valence-corrected chi connectivity index (χ3v) is 8.07. The molecule has 1 saturated heterocycles. The fraction of sp³-hybridized carbons (Fsp3) is 0.548. The molecule has 4 aliphatic heterocycles. The second-order valence-electron chi connectivity index (χ2n) is 11.8. The van der Waals surface area contributed by atoms with Gasteiger partial charge in [-0.25, -0.2) is 0 Å². The van der Waals surface area contributed by atoms with Crippen molar-refractivity contribution in [3.63, 3.8) is 0 Å². The first-order valence-corrected chi connectivity index (χ1v) is 15.1. The molecular weight excluding hydrogens is 610 g/mol. The number of ether oxygens (including phenoxy) is 7. The van der Waals surface area contributed by atoms with Crippen molar-refractivity contribution in [2.24, 2.45) is 11.7 Å². The van der Waals surface area contributed by atoms with Gasteiger partial charge < -0.3 is 59.1 Å². The van der Waals surface area contributed by atoms with E-state index >= 15 is 0 Å². The van der Waals surface area contributed by atoms with Crippen molar-refractivity contribution in [1.29, 1.82) is 0 Å². The highest BCUT2D eigenvalue weighted by molar-refractivity contribution is 5.90. The molecule has 4 heterocycles. The van der Waals surface area contributed by atoms with Gasteiger partial charge in [0, 0.05) is 23.2 Å². The summed E-state index contributed by atoms with van der Waals surface area (Å²) in [5.74, 6) is 0.873. The lowest BCUT2D eigenvalue weighted by Gasteiger charge is -2.40. The number of aliphatic hydroxyl groups is 2. The van der Waals surface area contributed by atoms with Gasteiger partial charge in [-0.05, 0) is 36.6 Å². The monoisotopic (exact) mass is 647 g/mol. The number of hydrogen-bond acceptors (Lipinski definition) is 14. The first kappa shape index (κ1) is 32.1. The van der Waals surface area contributed by atoms with Gasteiger partial charge in [-0.3, -0.25) is 9.59 Å². The lowest BCUT2D eigenvalue weighted by Crippen LogP contribution is -2.60. The van der Waals surface area contributed by atoms with Crippen LogP contribution < -0.4 is 29.6 Å². The van der Waals surface area contributed by atoms with Crippen LogP contribution in [0.3, 0.4) is 0 Å². The molecular formula is C31H37NO14. The van der Waals surface area contributed by atoms with E-state index < -0.39 is 55.7 Å². The smallest absolute Gasteiger partial charge is 0.317 e. The van der Waals surface area contributed by atoms with Crippen LogP contribution in [0, 0.1) is 5.92 Å². The van der Waals surface area contributed by atoms with Gasteiger partial charge in [0.15, 0.2) is 29.6 Å². The molecule has 6 rings (SSSR count). The zero-order valence-corrected chi connectivity index (χ0v) is 25.3. The van der Waals surface area contributed by atoms with Crippen LogP contribution in [-0.4, -0.2) is 91.1 Å². The number of fused-ring (bicyclic) bond motifs is 6. The molecule has 4 aliphatic rings. The summed E-state index contributed by atoms with van der Waals surface area (Å²) in [6.07, 6.45) is -7.58. The summed E-state index contributed by atoms with van der Waals surface area (Å²) < 4.78 is 40.4. The standard InChI is InChI=1S/C31H37NO14/c1-14(2)7-18-27-16(9-21-29(18)42-13-41-21)19-11-39-20-4-3-15(8-17(20)28(19)44-27)45-46-30-26(37)25(36)22(43-31(30)38-6-5-32)12-40-24(35)10-23(33)34/h3-4,8-9,14,19,22,25-26,28,30-31,36-37H,5-7,10-13,32H2,1-2H3,(H,33,34). The first-order chi connectivity index (χ1) is 22.1. The lowest BCUT2D eigenvalue weighted by molar-refractivity contribution is -0.372. The molecule has 250 valence electrons. The second-order valence-corrected chi connectivity index (χ2v) is 11.8. The molecule has 7 atom stereocenters. The van der Waals surface area contributed by atoms with Crippen LogP contribution in [-0.2, 0) is 35.1 Å². The van der Waals surface area contributed by atoms with Gasteiger partial charge in [0.2, 0.25) is 6.79 Å². The zero-order chi connectivity index (χ0) is 32.5. The maximum atomic E-state index is 11.7. The van der Waals surface area contributed by atoms with Crippen LogP contribution in [0.2, 0.25) is 0 Å². The molecule has 0 aromatic heterocycles. The summed E-state index contributed by atoms with van der Waals surface area (Å²) in [5.41, 5.74) is 8.25. The molecule has 0 amide bonds. The Balaban J connectivity index is 1.17. The summed E-state index contributed by atoms with van der Waals surface area (Å²) in [5, 5.41) is 30.3. The Morgan fingerprint density at radius 3 is 2.63 bits per heavy atom. The molecule has 0 saturated carbocycles. The molecule has 5 N–H and O–H groups in total. The summed E-state index contributed by atoms with van der Waals surface area (Å²) in [6, 6.07) is 7.02. The van der Waals surface area contributed by atoms with Crippen LogP contribution in [0.4, 0.5) is 0 Å². The highest BCUT2D eigenvalue weighted by Gasteiger charge is 2.48. The van der Waals surface area contributed by atoms with E-state index in [1.165, 1.54) is 0 Å². The predicted octanol–water partition coefficient (Wildman–Crippen LogP) is 1.34. The Morgan fingerprint density at radius 1 is 1.04 bits per heavy atom. The van der Waals surface area contributed by atoms with Crippen molar-refractivity contribution in [2.75, 3.05) is 33.2 Å². The van der Waals surface area contributed by atoms with Gasteiger partial charge in [-0.15, -0.1) is 0 Å². The van der Waals surface area contributed by atoms with E-state index in [-0.39, 0.29) is 37.7 Å². The van der Waals surface area contributed by atoms with Crippen LogP contribution >= 0.6 is 0 Å². The molecule has 0 radical (unpaired) electrons. The van der Waals surface area contributed by atoms with Gasteiger partial charge in [-0.2, -0.15) is 4.89 Å². The Morgan fingerprint density at radius 2 is 1.87 bits per heavy atom.